The summed E-state index contributed by atoms with van der Waals surface area (Å²) in [4.78, 5) is 6.87. The van der Waals surface area contributed by atoms with Crippen molar-refractivity contribution >= 4 is 5.96 Å². The predicted molar refractivity (Wildman–Crippen MR) is 74.3 cm³/mol. The van der Waals surface area contributed by atoms with Gasteiger partial charge in [0.1, 0.15) is 0 Å². The van der Waals surface area contributed by atoms with Gasteiger partial charge in [-0.15, -0.1) is 0 Å². The fraction of sp³-hybridized carbons (Fsp3) is 0.533. The number of benzene rings is 1. The second-order valence-corrected chi connectivity index (χ2v) is 5.48. The number of rotatable bonds is 4. The van der Waals surface area contributed by atoms with Crippen LogP contribution in [-0.2, 0) is 5.54 Å². The number of aliphatic imine (C=N–C) groups is 1. The lowest BCUT2D eigenvalue weighted by molar-refractivity contribution is 0.187. The second kappa shape index (κ2) is 4.30. The quantitative estimate of drug-likeness (QED) is 0.882. The molecule has 0 spiro atoms. The monoisotopic (exact) mass is 243 g/mol. The summed E-state index contributed by atoms with van der Waals surface area (Å²) in [7, 11) is 0. The van der Waals surface area contributed by atoms with Crippen molar-refractivity contribution in [3.8, 4) is 0 Å². The van der Waals surface area contributed by atoms with E-state index in [1.54, 1.807) is 0 Å². The minimum atomic E-state index is -0.00602. The maximum Gasteiger partial charge on any atom is 0.192 e. The van der Waals surface area contributed by atoms with Crippen LogP contribution in [0.4, 0.5) is 0 Å². The summed E-state index contributed by atoms with van der Waals surface area (Å²) in [5.74, 6) is 1.55. The zero-order valence-electron chi connectivity index (χ0n) is 11.0. The molecule has 0 bridgehead atoms. The molecule has 1 aliphatic carbocycles. The van der Waals surface area contributed by atoms with Gasteiger partial charge in [0.05, 0.1) is 12.1 Å². The van der Waals surface area contributed by atoms with Gasteiger partial charge >= 0.3 is 0 Å². The van der Waals surface area contributed by atoms with Gasteiger partial charge in [-0.3, -0.25) is 4.99 Å². The first-order valence-electron chi connectivity index (χ1n) is 6.89. The second-order valence-electron chi connectivity index (χ2n) is 5.48. The molecule has 1 aliphatic heterocycles. The Labute approximate surface area is 109 Å². The normalized spacial score (nSPS) is 27.4. The predicted octanol–water partition coefficient (Wildman–Crippen LogP) is 2.33. The highest BCUT2D eigenvalue weighted by Crippen LogP contribution is 2.40. The van der Waals surface area contributed by atoms with Crippen molar-refractivity contribution < 1.29 is 0 Å². The Bertz CT molecular complexity index is 450. The Hall–Kier alpha value is -1.51. The summed E-state index contributed by atoms with van der Waals surface area (Å²) in [5.41, 5.74) is 7.46. The number of nitrogens with zero attached hydrogens (tertiary/aromatic N) is 2. The van der Waals surface area contributed by atoms with Crippen molar-refractivity contribution in [3.05, 3.63) is 35.9 Å². The third kappa shape index (κ3) is 1.78. The van der Waals surface area contributed by atoms with E-state index in [0.29, 0.717) is 0 Å². The topological polar surface area (TPSA) is 41.6 Å². The molecule has 1 aromatic rings. The molecule has 0 amide bonds. The average molecular weight is 243 g/mol. The Morgan fingerprint density at radius 2 is 2.06 bits per heavy atom. The minimum absolute atomic E-state index is 0.00602. The molecule has 3 heteroatoms. The van der Waals surface area contributed by atoms with Crippen LogP contribution in [0.2, 0.25) is 0 Å². The molecule has 18 heavy (non-hydrogen) atoms. The Morgan fingerprint density at radius 3 is 2.67 bits per heavy atom. The van der Waals surface area contributed by atoms with Crippen LogP contribution in [-0.4, -0.2) is 23.9 Å². The average Bonchev–Trinajstić information content (AvgIpc) is 3.17. The van der Waals surface area contributed by atoms with Gasteiger partial charge in [0.15, 0.2) is 5.96 Å². The first kappa shape index (κ1) is 11.6. The van der Waals surface area contributed by atoms with Crippen LogP contribution in [0.25, 0.3) is 0 Å². The lowest BCUT2D eigenvalue weighted by Gasteiger charge is -2.39. The molecule has 2 N–H and O–H groups in total. The highest BCUT2D eigenvalue weighted by molar-refractivity contribution is 5.81. The van der Waals surface area contributed by atoms with Crippen molar-refractivity contribution in [1.29, 1.82) is 0 Å². The number of guanidine groups is 1. The van der Waals surface area contributed by atoms with Gasteiger partial charge in [0, 0.05) is 6.54 Å². The SMILES string of the molecule is CCC1(c2ccccc2)CN=C(N)N1CC1CC1. The maximum atomic E-state index is 6.12. The van der Waals surface area contributed by atoms with E-state index in [4.69, 9.17) is 5.73 Å². The molecule has 1 aromatic carbocycles. The third-order valence-corrected chi connectivity index (χ3v) is 4.33. The summed E-state index contributed by atoms with van der Waals surface area (Å²) in [6.45, 7) is 4.10. The fourth-order valence-corrected chi connectivity index (χ4v) is 2.93. The van der Waals surface area contributed by atoms with Crippen molar-refractivity contribution in [2.24, 2.45) is 16.6 Å². The van der Waals surface area contributed by atoms with Crippen LogP contribution in [0.3, 0.4) is 0 Å². The van der Waals surface area contributed by atoms with Gasteiger partial charge < -0.3 is 10.6 Å². The van der Waals surface area contributed by atoms with E-state index in [9.17, 15) is 0 Å². The van der Waals surface area contributed by atoms with Crippen molar-refractivity contribution in [2.75, 3.05) is 13.1 Å². The van der Waals surface area contributed by atoms with Gasteiger partial charge in [0.25, 0.3) is 0 Å². The summed E-state index contributed by atoms with van der Waals surface area (Å²) in [5, 5.41) is 0. The molecule has 0 saturated heterocycles. The largest absolute Gasteiger partial charge is 0.370 e. The molecule has 1 atom stereocenters. The Kier molecular flexibility index (Phi) is 2.77. The van der Waals surface area contributed by atoms with Gasteiger partial charge in [-0.25, -0.2) is 0 Å². The lowest BCUT2D eigenvalue weighted by atomic mass is 9.86. The summed E-state index contributed by atoms with van der Waals surface area (Å²) in [6.07, 6.45) is 3.74. The van der Waals surface area contributed by atoms with Crippen LogP contribution < -0.4 is 5.73 Å². The van der Waals surface area contributed by atoms with Gasteiger partial charge in [-0.05, 0) is 30.7 Å². The first-order chi connectivity index (χ1) is 8.76. The lowest BCUT2D eigenvalue weighted by Crippen LogP contribution is -2.49. The molecule has 0 aromatic heterocycles. The summed E-state index contributed by atoms with van der Waals surface area (Å²) >= 11 is 0. The molecule has 1 heterocycles. The van der Waals surface area contributed by atoms with Crippen LogP contribution in [0.5, 0.6) is 0 Å². The van der Waals surface area contributed by atoms with E-state index < -0.39 is 0 Å². The van der Waals surface area contributed by atoms with Crippen LogP contribution in [0, 0.1) is 5.92 Å². The first-order valence-corrected chi connectivity index (χ1v) is 6.89. The van der Waals surface area contributed by atoms with Gasteiger partial charge in [0.2, 0.25) is 0 Å². The molecule has 1 saturated carbocycles. The molecule has 2 aliphatic rings. The molecular formula is C15H21N3. The van der Waals surface area contributed by atoms with E-state index >= 15 is 0 Å². The molecule has 96 valence electrons. The van der Waals surface area contributed by atoms with E-state index in [2.05, 4.69) is 47.1 Å². The Balaban J connectivity index is 1.94. The van der Waals surface area contributed by atoms with E-state index in [1.807, 2.05) is 0 Å². The van der Waals surface area contributed by atoms with Crippen LogP contribution in [0.1, 0.15) is 31.7 Å². The third-order valence-electron chi connectivity index (χ3n) is 4.33. The van der Waals surface area contributed by atoms with Crippen molar-refractivity contribution in [1.82, 2.24) is 4.90 Å². The standard InChI is InChI=1S/C15H21N3/c1-2-15(13-6-4-3-5-7-13)11-17-14(16)18(15)10-12-8-9-12/h3-7,12H,2,8-11H2,1H3,(H2,16,17). The van der Waals surface area contributed by atoms with Gasteiger partial charge in [-0.1, -0.05) is 37.3 Å². The van der Waals surface area contributed by atoms with E-state index in [-0.39, 0.29) is 5.54 Å². The summed E-state index contributed by atoms with van der Waals surface area (Å²) in [6, 6.07) is 10.7. The van der Waals surface area contributed by atoms with E-state index in [1.165, 1.54) is 18.4 Å². The van der Waals surface area contributed by atoms with E-state index in [0.717, 1.165) is 31.4 Å². The summed E-state index contributed by atoms with van der Waals surface area (Å²) < 4.78 is 0. The molecule has 1 fully saturated rings. The van der Waals surface area contributed by atoms with Crippen LogP contribution >= 0.6 is 0 Å². The zero-order valence-corrected chi connectivity index (χ0v) is 11.0. The number of hydrogen-bond acceptors (Lipinski definition) is 3. The molecule has 0 radical (unpaired) electrons. The van der Waals surface area contributed by atoms with Crippen LogP contribution in [0.15, 0.2) is 35.3 Å². The minimum Gasteiger partial charge on any atom is -0.370 e. The fourth-order valence-electron chi connectivity index (χ4n) is 2.93. The molecule has 3 rings (SSSR count). The highest BCUT2D eigenvalue weighted by atomic mass is 15.4. The smallest absolute Gasteiger partial charge is 0.192 e. The van der Waals surface area contributed by atoms with Crippen molar-refractivity contribution in [2.45, 2.75) is 31.7 Å². The van der Waals surface area contributed by atoms with Crippen molar-refractivity contribution in [3.63, 3.8) is 0 Å². The molecular weight excluding hydrogens is 222 g/mol. The van der Waals surface area contributed by atoms with Gasteiger partial charge in [-0.2, -0.15) is 0 Å². The number of nitrogens with two attached hydrogens (primary N) is 1. The zero-order chi connectivity index (χ0) is 12.6. The highest BCUT2D eigenvalue weighted by Gasteiger charge is 2.44. The molecule has 1 unspecified atom stereocenters. The molecule has 3 nitrogen and oxygen atoms in total. The number of hydrogen-bond donors (Lipinski definition) is 1. The Morgan fingerprint density at radius 1 is 1.33 bits per heavy atom. The maximum absolute atomic E-state index is 6.12.